The fourth-order valence-corrected chi connectivity index (χ4v) is 5.25. The molecule has 0 radical (unpaired) electrons. The molecule has 0 bridgehead atoms. The van der Waals surface area contributed by atoms with Crippen LogP contribution in [0.15, 0.2) is 77.8 Å². The van der Waals surface area contributed by atoms with Crippen LogP contribution in [0, 0.1) is 10.1 Å². The zero-order valence-corrected chi connectivity index (χ0v) is 19.6. The quantitative estimate of drug-likeness (QED) is 0.313. The van der Waals surface area contributed by atoms with Gasteiger partial charge in [-0.3, -0.25) is 14.9 Å². The van der Waals surface area contributed by atoms with Crippen LogP contribution in [0.3, 0.4) is 0 Å². The molecule has 2 N–H and O–H groups in total. The summed E-state index contributed by atoms with van der Waals surface area (Å²) in [5.41, 5.74) is -0.132. The summed E-state index contributed by atoms with van der Waals surface area (Å²) in [7, 11) is 0. The number of hydrogen-bond donors (Lipinski definition) is 2. The standard InChI is InChI=1S/C27H26N4O4/c1-3-4-17-28-25(32)27-20-9-5-7-11-22(20)29-24(18-13-15-19(16-14-18)31(34)35)30(27)23-12-8-6-10-21(23)26(27,2)33/h5-16,33H,3-4,17H2,1-2H3,(H,28,32). The number of para-hydroxylation sites is 2. The number of hydrogen-bond acceptors (Lipinski definition) is 6. The van der Waals surface area contributed by atoms with Crippen molar-refractivity contribution in [1.29, 1.82) is 0 Å². The number of nitrogens with zero attached hydrogens (tertiary/aromatic N) is 3. The van der Waals surface area contributed by atoms with Gasteiger partial charge in [0.25, 0.3) is 11.6 Å². The molecule has 0 aliphatic carbocycles. The maximum absolute atomic E-state index is 14.2. The third kappa shape index (κ3) is 3.17. The lowest BCUT2D eigenvalue weighted by Crippen LogP contribution is -2.65. The summed E-state index contributed by atoms with van der Waals surface area (Å²) in [4.78, 5) is 31.7. The highest BCUT2D eigenvalue weighted by Gasteiger charge is 2.67. The Morgan fingerprint density at radius 3 is 2.40 bits per heavy atom. The summed E-state index contributed by atoms with van der Waals surface area (Å²) in [6.45, 7) is 4.19. The van der Waals surface area contributed by atoms with Crippen LogP contribution in [0.5, 0.6) is 0 Å². The Hall–Kier alpha value is -4.04. The first-order chi connectivity index (χ1) is 16.8. The van der Waals surface area contributed by atoms with Gasteiger partial charge in [0, 0.05) is 35.4 Å². The van der Waals surface area contributed by atoms with Gasteiger partial charge < -0.3 is 15.3 Å². The zero-order valence-electron chi connectivity index (χ0n) is 19.6. The van der Waals surface area contributed by atoms with Crippen molar-refractivity contribution in [1.82, 2.24) is 5.32 Å². The first kappa shape index (κ1) is 22.7. The molecule has 0 aromatic heterocycles. The van der Waals surface area contributed by atoms with Gasteiger partial charge in [-0.25, -0.2) is 4.99 Å². The van der Waals surface area contributed by atoms with E-state index in [2.05, 4.69) is 5.32 Å². The predicted octanol–water partition coefficient (Wildman–Crippen LogP) is 4.53. The number of nitro groups is 1. The molecule has 0 fully saturated rings. The second kappa shape index (κ2) is 8.32. The van der Waals surface area contributed by atoms with Crippen molar-refractivity contribution in [2.45, 2.75) is 37.8 Å². The summed E-state index contributed by atoms with van der Waals surface area (Å²) < 4.78 is 0. The lowest BCUT2D eigenvalue weighted by atomic mass is 9.72. The second-order valence-electron chi connectivity index (χ2n) is 9.00. The average molecular weight is 471 g/mol. The van der Waals surface area contributed by atoms with Gasteiger partial charge in [0.15, 0.2) is 5.54 Å². The minimum absolute atomic E-state index is 0.0389. The molecule has 8 nitrogen and oxygen atoms in total. The zero-order chi connectivity index (χ0) is 24.8. The van der Waals surface area contributed by atoms with Crippen LogP contribution in [0.4, 0.5) is 17.1 Å². The topological polar surface area (TPSA) is 108 Å². The lowest BCUT2D eigenvalue weighted by Gasteiger charge is -2.48. The lowest BCUT2D eigenvalue weighted by molar-refractivity contribution is -0.384. The van der Waals surface area contributed by atoms with E-state index >= 15 is 0 Å². The van der Waals surface area contributed by atoms with Gasteiger partial charge in [0.2, 0.25) is 0 Å². The number of amidine groups is 1. The molecule has 0 spiro atoms. The number of aliphatic hydroxyl groups is 1. The van der Waals surface area contributed by atoms with Crippen LogP contribution in [-0.4, -0.2) is 28.3 Å². The molecule has 2 unspecified atom stereocenters. The molecule has 2 atom stereocenters. The number of carbonyl (C=O) groups excluding carboxylic acids is 1. The van der Waals surface area contributed by atoms with Crippen LogP contribution in [0.25, 0.3) is 0 Å². The number of amides is 1. The molecule has 35 heavy (non-hydrogen) atoms. The fourth-order valence-electron chi connectivity index (χ4n) is 5.25. The number of anilines is 1. The Morgan fingerprint density at radius 1 is 1.06 bits per heavy atom. The maximum Gasteiger partial charge on any atom is 0.269 e. The van der Waals surface area contributed by atoms with Crippen molar-refractivity contribution >= 4 is 28.8 Å². The number of aliphatic imine (C=N–C) groups is 1. The first-order valence-electron chi connectivity index (χ1n) is 11.7. The summed E-state index contributed by atoms with van der Waals surface area (Å²) in [6.07, 6.45) is 1.72. The van der Waals surface area contributed by atoms with Crippen LogP contribution >= 0.6 is 0 Å². The molecular formula is C27H26N4O4. The molecule has 178 valence electrons. The van der Waals surface area contributed by atoms with E-state index in [1.165, 1.54) is 12.1 Å². The van der Waals surface area contributed by atoms with Gasteiger partial charge in [0.1, 0.15) is 11.4 Å². The number of nitrogens with one attached hydrogen (secondary N) is 1. The highest BCUT2D eigenvalue weighted by Crippen LogP contribution is 2.59. The van der Waals surface area contributed by atoms with Crippen molar-refractivity contribution in [2.24, 2.45) is 4.99 Å². The highest BCUT2D eigenvalue weighted by molar-refractivity contribution is 6.20. The third-order valence-corrected chi connectivity index (χ3v) is 6.92. The minimum Gasteiger partial charge on any atom is -0.382 e. The van der Waals surface area contributed by atoms with E-state index < -0.39 is 16.1 Å². The number of rotatable bonds is 6. The van der Waals surface area contributed by atoms with Crippen molar-refractivity contribution in [3.05, 3.63) is 99.6 Å². The van der Waals surface area contributed by atoms with E-state index in [9.17, 15) is 20.0 Å². The van der Waals surface area contributed by atoms with Gasteiger partial charge in [-0.05, 0) is 37.6 Å². The van der Waals surface area contributed by atoms with Crippen molar-refractivity contribution in [3.63, 3.8) is 0 Å². The number of fused-ring (bicyclic) bond motifs is 5. The molecule has 3 aromatic rings. The first-order valence-corrected chi connectivity index (χ1v) is 11.7. The summed E-state index contributed by atoms with van der Waals surface area (Å²) in [6, 6.07) is 20.8. The SMILES string of the molecule is CCCCNC(=O)C12c3ccccc3N=C(c3ccc([N+](=O)[O-])cc3)N1c1ccccc1C2(C)O. The Labute approximate surface area is 203 Å². The third-order valence-electron chi connectivity index (χ3n) is 6.92. The molecule has 8 heteroatoms. The van der Waals surface area contributed by atoms with Crippen LogP contribution in [0.1, 0.15) is 43.4 Å². The molecule has 5 rings (SSSR count). The Morgan fingerprint density at radius 2 is 1.71 bits per heavy atom. The highest BCUT2D eigenvalue weighted by atomic mass is 16.6. The smallest absolute Gasteiger partial charge is 0.269 e. The van der Waals surface area contributed by atoms with Crippen LogP contribution < -0.4 is 10.2 Å². The van der Waals surface area contributed by atoms with Gasteiger partial charge in [0.05, 0.1) is 16.3 Å². The Kier molecular flexibility index (Phi) is 5.40. The second-order valence-corrected chi connectivity index (χ2v) is 9.00. The normalized spacial score (nSPS) is 22.0. The van der Waals surface area contributed by atoms with Crippen molar-refractivity contribution in [2.75, 3.05) is 11.4 Å². The van der Waals surface area contributed by atoms with Gasteiger partial charge in [-0.15, -0.1) is 0 Å². The molecule has 2 aliphatic heterocycles. The Balaban J connectivity index is 1.80. The Bertz CT molecular complexity index is 1350. The number of nitro benzene ring substituents is 1. The molecular weight excluding hydrogens is 444 g/mol. The molecule has 0 saturated carbocycles. The van der Waals surface area contributed by atoms with E-state index in [0.29, 0.717) is 40.4 Å². The van der Waals surface area contributed by atoms with E-state index in [1.807, 2.05) is 55.5 Å². The summed E-state index contributed by atoms with van der Waals surface area (Å²) in [5, 5.41) is 26.5. The summed E-state index contributed by atoms with van der Waals surface area (Å²) in [5.74, 6) is 0.114. The van der Waals surface area contributed by atoms with Gasteiger partial charge in [-0.2, -0.15) is 0 Å². The van der Waals surface area contributed by atoms with Gasteiger partial charge >= 0.3 is 0 Å². The van der Waals surface area contributed by atoms with Crippen LogP contribution in [0.2, 0.25) is 0 Å². The predicted molar refractivity (Wildman–Crippen MR) is 134 cm³/mol. The van der Waals surface area contributed by atoms with E-state index in [4.69, 9.17) is 4.99 Å². The van der Waals surface area contributed by atoms with E-state index in [-0.39, 0.29) is 11.6 Å². The number of carbonyl (C=O) groups is 1. The average Bonchev–Trinajstić information content (AvgIpc) is 3.09. The fraction of sp³-hybridized carbons (Fsp3) is 0.259. The van der Waals surface area contributed by atoms with Gasteiger partial charge in [-0.1, -0.05) is 49.7 Å². The monoisotopic (exact) mass is 470 g/mol. The largest absolute Gasteiger partial charge is 0.382 e. The molecule has 3 aromatic carbocycles. The molecule has 0 saturated heterocycles. The number of unbranched alkanes of at least 4 members (excludes halogenated alkanes) is 1. The van der Waals surface area contributed by atoms with Crippen LogP contribution in [-0.2, 0) is 15.9 Å². The van der Waals surface area contributed by atoms with Crippen molar-refractivity contribution < 1.29 is 14.8 Å². The number of non-ortho nitro benzene ring substituents is 1. The maximum atomic E-state index is 14.2. The minimum atomic E-state index is -1.60. The van der Waals surface area contributed by atoms with E-state index in [1.54, 1.807) is 24.0 Å². The van der Waals surface area contributed by atoms with E-state index in [0.717, 1.165) is 12.8 Å². The molecule has 2 aliphatic rings. The molecule has 1 amide bonds. The molecule has 2 heterocycles. The van der Waals surface area contributed by atoms with Crippen molar-refractivity contribution in [3.8, 4) is 0 Å². The summed E-state index contributed by atoms with van der Waals surface area (Å²) >= 11 is 0. The number of benzene rings is 3.